The van der Waals surface area contributed by atoms with Crippen LogP contribution in [-0.4, -0.2) is 54.8 Å². The van der Waals surface area contributed by atoms with Crippen LogP contribution in [0.3, 0.4) is 0 Å². The van der Waals surface area contributed by atoms with E-state index in [1.165, 1.54) is 12.0 Å². The number of carbonyl (C=O) groups is 2. The van der Waals surface area contributed by atoms with E-state index < -0.39 is 11.9 Å². The van der Waals surface area contributed by atoms with Gasteiger partial charge in [0.1, 0.15) is 5.75 Å². The average Bonchev–Trinajstić information content (AvgIpc) is 2.59. The Bertz CT molecular complexity index is 548. The number of benzene rings is 1. The predicted octanol–water partition coefficient (Wildman–Crippen LogP) is 2.13. The predicted molar refractivity (Wildman–Crippen MR) is 91.0 cm³/mol. The minimum Gasteiger partial charge on any atom is -0.482 e. The lowest BCUT2D eigenvalue weighted by atomic mass is 10.1. The van der Waals surface area contributed by atoms with Gasteiger partial charge < -0.3 is 19.5 Å². The van der Waals surface area contributed by atoms with Gasteiger partial charge in [0.05, 0.1) is 30.7 Å². The minimum atomic E-state index is -0.500. The highest BCUT2D eigenvalue weighted by molar-refractivity contribution is 6.32. The van der Waals surface area contributed by atoms with Crippen LogP contribution in [0.25, 0.3) is 0 Å². The van der Waals surface area contributed by atoms with Crippen LogP contribution in [0.1, 0.15) is 20.3 Å². The summed E-state index contributed by atoms with van der Waals surface area (Å²) in [4.78, 5) is 25.6. The third-order valence-electron chi connectivity index (χ3n) is 3.71. The van der Waals surface area contributed by atoms with Crippen molar-refractivity contribution >= 4 is 23.5 Å². The van der Waals surface area contributed by atoms with E-state index in [0.29, 0.717) is 17.2 Å². The highest BCUT2D eigenvalue weighted by Gasteiger charge is 2.27. The summed E-state index contributed by atoms with van der Waals surface area (Å²) in [5.41, 5.74) is 0. The van der Waals surface area contributed by atoms with Gasteiger partial charge in [-0.3, -0.25) is 9.59 Å². The zero-order chi connectivity index (χ0) is 18.1. The molecule has 0 heterocycles. The molecule has 1 rings (SSSR count). The second kappa shape index (κ2) is 10.2. The van der Waals surface area contributed by atoms with Crippen molar-refractivity contribution in [3.05, 3.63) is 29.3 Å². The highest BCUT2D eigenvalue weighted by Crippen LogP contribution is 2.23. The molecule has 0 bridgehead atoms. The molecule has 0 saturated heterocycles. The first-order valence-corrected chi connectivity index (χ1v) is 8.17. The Labute approximate surface area is 147 Å². The molecule has 2 atom stereocenters. The molecule has 1 N–H and O–H groups in total. The molecule has 24 heavy (non-hydrogen) atoms. The van der Waals surface area contributed by atoms with Gasteiger partial charge in [-0.2, -0.15) is 0 Å². The number of hydrogen-bond acceptors (Lipinski definition) is 5. The first-order chi connectivity index (χ1) is 11.4. The SMILES string of the molecule is CCC(CO)N(CC(C)C(=O)OC)C(=O)COc1ccccc1Cl. The molecule has 134 valence electrons. The minimum absolute atomic E-state index is 0.149. The fourth-order valence-electron chi connectivity index (χ4n) is 2.26. The Balaban J connectivity index is 2.79. The molecule has 0 radical (unpaired) electrons. The largest absolute Gasteiger partial charge is 0.482 e. The van der Waals surface area contributed by atoms with Gasteiger partial charge in [-0.25, -0.2) is 0 Å². The Morgan fingerprint density at radius 2 is 2.00 bits per heavy atom. The van der Waals surface area contributed by atoms with Crippen LogP contribution in [0.2, 0.25) is 5.02 Å². The van der Waals surface area contributed by atoms with Gasteiger partial charge in [-0.15, -0.1) is 0 Å². The quantitative estimate of drug-likeness (QED) is 0.685. The lowest BCUT2D eigenvalue weighted by Gasteiger charge is -2.31. The number of halogens is 1. The summed E-state index contributed by atoms with van der Waals surface area (Å²) in [5, 5.41) is 9.92. The van der Waals surface area contributed by atoms with Crippen molar-refractivity contribution in [3.63, 3.8) is 0 Å². The van der Waals surface area contributed by atoms with Gasteiger partial charge in [0.15, 0.2) is 6.61 Å². The number of hydrogen-bond donors (Lipinski definition) is 1. The van der Waals surface area contributed by atoms with Crippen molar-refractivity contribution in [1.29, 1.82) is 0 Å². The van der Waals surface area contributed by atoms with E-state index >= 15 is 0 Å². The molecule has 0 saturated carbocycles. The van der Waals surface area contributed by atoms with Gasteiger partial charge in [-0.05, 0) is 18.6 Å². The summed E-state index contributed by atoms with van der Waals surface area (Å²) in [6.45, 7) is 3.26. The number of amides is 1. The molecule has 1 amide bonds. The number of para-hydroxylation sites is 1. The number of aliphatic hydroxyl groups excluding tert-OH is 1. The van der Waals surface area contributed by atoms with Gasteiger partial charge in [0.2, 0.25) is 0 Å². The molecular formula is C17H24ClNO5. The Morgan fingerprint density at radius 1 is 1.33 bits per heavy atom. The van der Waals surface area contributed by atoms with Crippen LogP contribution in [0, 0.1) is 5.92 Å². The average molecular weight is 358 g/mol. The van der Waals surface area contributed by atoms with Crippen LogP contribution in [-0.2, 0) is 14.3 Å². The summed E-state index contributed by atoms with van der Waals surface area (Å²) >= 11 is 6.00. The maximum Gasteiger partial charge on any atom is 0.310 e. The monoisotopic (exact) mass is 357 g/mol. The van der Waals surface area contributed by atoms with Crippen molar-refractivity contribution in [2.75, 3.05) is 26.9 Å². The van der Waals surface area contributed by atoms with E-state index in [2.05, 4.69) is 0 Å². The first kappa shape index (κ1) is 20.3. The maximum absolute atomic E-state index is 12.5. The molecule has 0 aliphatic heterocycles. The molecule has 0 aliphatic rings. The number of aliphatic hydroxyl groups is 1. The Kier molecular flexibility index (Phi) is 8.57. The third-order valence-corrected chi connectivity index (χ3v) is 4.02. The summed E-state index contributed by atoms with van der Waals surface area (Å²) in [6.07, 6.45) is 0.558. The van der Waals surface area contributed by atoms with E-state index in [0.717, 1.165) is 0 Å². The van der Waals surface area contributed by atoms with Crippen molar-refractivity contribution in [3.8, 4) is 5.75 Å². The van der Waals surface area contributed by atoms with Crippen LogP contribution in [0.4, 0.5) is 0 Å². The highest BCUT2D eigenvalue weighted by atomic mass is 35.5. The molecule has 6 nitrogen and oxygen atoms in total. The molecule has 1 aromatic rings. The topological polar surface area (TPSA) is 76.1 Å². The van der Waals surface area contributed by atoms with Crippen molar-refractivity contribution in [2.45, 2.75) is 26.3 Å². The van der Waals surface area contributed by atoms with E-state index in [1.54, 1.807) is 31.2 Å². The normalized spacial score (nSPS) is 13.0. The number of nitrogens with zero attached hydrogens (tertiary/aromatic N) is 1. The zero-order valence-corrected chi connectivity index (χ0v) is 15.0. The number of ether oxygens (including phenoxy) is 2. The van der Waals surface area contributed by atoms with Crippen molar-refractivity contribution < 1.29 is 24.2 Å². The second-order valence-corrected chi connectivity index (χ2v) is 5.84. The molecule has 0 aliphatic carbocycles. The van der Waals surface area contributed by atoms with Crippen molar-refractivity contribution in [1.82, 2.24) is 4.90 Å². The van der Waals surface area contributed by atoms with Gasteiger partial charge in [0.25, 0.3) is 5.91 Å². The first-order valence-electron chi connectivity index (χ1n) is 7.80. The van der Waals surface area contributed by atoms with E-state index in [9.17, 15) is 14.7 Å². The number of rotatable bonds is 9. The summed E-state index contributed by atoms with van der Waals surface area (Å²) in [6, 6.07) is 6.46. The fraction of sp³-hybridized carbons (Fsp3) is 0.529. The molecule has 0 aromatic heterocycles. The van der Waals surface area contributed by atoms with Gasteiger partial charge >= 0.3 is 5.97 Å². The Hall–Kier alpha value is -1.79. The Morgan fingerprint density at radius 3 is 2.54 bits per heavy atom. The second-order valence-electron chi connectivity index (χ2n) is 5.43. The maximum atomic E-state index is 12.5. The van der Waals surface area contributed by atoms with Gasteiger partial charge in [0, 0.05) is 6.54 Å². The number of carbonyl (C=O) groups excluding carboxylic acids is 2. The van der Waals surface area contributed by atoms with Gasteiger partial charge in [-0.1, -0.05) is 37.6 Å². The molecule has 1 aromatic carbocycles. The van der Waals surface area contributed by atoms with E-state index in [-0.39, 0.29) is 31.7 Å². The lowest BCUT2D eigenvalue weighted by molar-refractivity contribution is -0.148. The fourth-order valence-corrected chi connectivity index (χ4v) is 2.45. The summed E-state index contributed by atoms with van der Waals surface area (Å²) in [7, 11) is 1.30. The van der Waals surface area contributed by atoms with Crippen molar-refractivity contribution in [2.24, 2.45) is 5.92 Å². The molecule has 0 spiro atoms. The molecule has 2 unspecified atom stereocenters. The third kappa shape index (κ3) is 5.69. The lowest BCUT2D eigenvalue weighted by Crippen LogP contribution is -2.47. The van der Waals surface area contributed by atoms with E-state index in [4.69, 9.17) is 21.1 Å². The van der Waals surface area contributed by atoms with Crippen LogP contribution in [0.5, 0.6) is 5.75 Å². The van der Waals surface area contributed by atoms with E-state index in [1.807, 2.05) is 6.92 Å². The molecule has 0 fully saturated rings. The summed E-state index contributed by atoms with van der Waals surface area (Å²) in [5.74, 6) is -0.829. The van der Waals surface area contributed by atoms with Crippen LogP contribution >= 0.6 is 11.6 Å². The smallest absolute Gasteiger partial charge is 0.310 e. The van der Waals surface area contributed by atoms with Crippen LogP contribution < -0.4 is 4.74 Å². The van der Waals surface area contributed by atoms with Crippen LogP contribution in [0.15, 0.2) is 24.3 Å². The summed E-state index contributed by atoms with van der Waals surface area (Å²) < 4.78 is 10.2. The molecule has 7 heteroatoms. The zero-order valence-electron chi connectivity index (χ0n) is 14.2. The standard InChI is InChI=1S/C17H24ClNO5/c1-4-13(10-20)19(9-12(2)17(22)23-3)16(21)11-24-15-8-6-5-7-14(15)18/h5-8,12-13,20H,4,9-11H2,1-3H3. The number of esters is 1. The number of methoxy groups -OCH3 is 1. The molecular weight excluding hydrogens is 334 g/mol.